The third-order valence-corrected chi connectivity index (χ3v) is 3.60. The van der Waals surface area contributed by atoms with E-state index in [9.17, 15) is 4.79 Å². The number of aromatic amines is 1. The summed E-state index contributed by atoms with van der Waals surface area (Å²) in [5.74, 6) is 0.344. The largest absolute Gasteiger partial charge is 0.324 e. The molecule has 0 aliphatic rings. The zero-order valence-corrected chi connectivity index (χ0v) is 12.9. The van der Waals surface area contributed by atoms with Crippen molar-refractivity contribution in [3.8, 4) is 0 Å². The van der Waals surface area contributed by atoms with Gasteiger partial charge in [-0.1, -0.05) is 49.4 Å². The summed E-state index contributed by atoms with van der Waals surface area (Å²) in [4.78, 5) is 14.9. The molecule has 0 fully saturated rings. The van der Waals surface area contributed by atoms with Crippen molar-refractivity contribution in [1.29, 1.82) is 0 Å². The Morgan fingerprint density at radius 3 is 2.35 bits per heavy atom. The Hall–Kier alpha value is -2.95. The number of nitrogens with one attached hydrogen (secondary N) is 2. The van der Waals surface area contributed by atoms with Gasteiger partial charge in [0.25, 0.3) is 5.56 Å². The fourth-order valence-electron chi connectivity index (χ4n) is 2.28. The first-order chi connectivity index (χ1) is 11.2. The van der Waals surface area contributed by atoms with E-state index in [0.717, 1.165) is 17.7 Å². The minimum Gasteiger partial charge on any atom is -0.324 e. The van der Waals surface area contributed by atoms with Crippen LogP contribution in [0.25, 0.3) is 0 Å². The molecule has 0 amide bonds. The molecule has 0 bridgehead atoms. The van der Waals surface area contributed by atoms with Gasteiger partial charge >= 0.3 is 0 Å². The molecule has 0 unspecified atom stereocenters. The molecule has 5 nitrogen and oxygen atoms in total. The molecule has 2 N–H and O–H groups in total. The van der Waals surface area contributed by atoms with Crippen molar-refractivity contribution in [2.24, 2.45) is 0 Å². The number of nitrogens with zero attached hydrogens (tertiary/aromatic N) is 2. The van der Waals surface area contributed by atoms with Gasteiger partial charge in [-0.05, 0) is 29.7 Å². The highest BCUT2D eigenvalue weighted by Crippen LogP contribution is 2.13. The molecule has 3 aromatic rings. The minimum absolute atomic E-state index is 0.225. The van der Waals surface area contributed by atoms with E-state index in [1.807, 2.05) is 54.6 Å². The highest BCUT2D eigenvalue weighted by Gasteiger charge is 2.06. The van der Waals surface area contributed by atoms with Gasteiger partial charge in [0.15, 0.2) is 0 Å². The summed E-state index contributed by atoms with van der Waals surface area (Å²) in [5.41, 5.74) is 3.33. The van der Waals surface area contributed by atoms with E-state index in [4.69, 9.17) is 0 Å². The molecule has 2 aromatic carbocycles. The van der Waals surface area contributed by atoms with Gasteiger partial charge in [0.2, 0.25) is 5.95 Å². The van der Waals surface area contributed by atoms with Crippen molar-refractivity contribution < 1.29 is 0 Å². The van der Waals surface area contributed by atoms with E-state index in [-0.39, 0.29) is 5.56 Å². The summed E-state index contributed by atoms with van der Waals surface area (Å²) in [6, 6.07) is 17.7. The lowest BCUT2D eigenvalue weighted by Crippen LogP contribution is -2.18. The van der Waals surface area contributed by atoms with E-state index < -0.39 is 0 Å². The molecule has 0 aliphatic heterocycles. The van der Waals surface area contributed by atoms with Crippen LogP contribution in [0.1, 0.15) is 23.7 Å². The molecule has 0 radical (unpaired) electrons. The molecule has 3 rings (SSSR count). The molecule has 0 spiro atoms. The number of aromatic nitrogens is 3. The lowest BCUT2D eigenvalue weighted by molar-refractivity contribution is 0.874. The molecule has 0 atom stereocenters. The smallest absolute Gasteiger partial charge is 0.274 e. The number of hydrogen-bond donors (Lipinski definition) is 2. The van der Waals surface area contributed by atoms with Gasteiger partial charge in [-0.2, -0.15) is 0 Å². The Kier molecular flexibility index (Phi) is 4.47. The number of benzene rings is 2. The minimum atomic E-state index is -0.225. The zero-order chi connectivity index (χ0) is 16.1. The summed E-state index contributed by atoms with van der Waals surface area (Å²) in [6.07, 6.45) is 1.46. The van der Waals surface area contributed by atoms with Crippen molar-refractivity contribution in [3.63, 3.8) is 0 Å². The number of hydrogen-bond acceptors (Lipinski definition) is 4. The SMILES string of the molecule is CCc1ccc(Nc2nnc(Cc3ccccc3)c(=O)[nH]2)cc1. The Labute approximate surface area is 134 Å². The third kappa shape index (κ3) is 3.83. The van der Waals surface area contributed by atoms with Gasteiger partial charge in [-0.25, -0.2) is 0 Å². The molecule has 0 aliphatic carbocycles. The monoisotopic (exact) mass is 306 g/mol. The van der Waals surface area contributed by atoms with Crippen LogP contribution in [0.2, 0.25) is 0 Å². The van der Waals surface area contributed by atoms with E-state index in [1.165, 1.54) is 5.56 Å². The van der Waals surface area contributed by atoms with Crippen LogP contribution >= 0.6 is 0 Å². The summed E-state index contributed by atoms with van der Waals surface area (Å²) >= 11 is 0. The molecule has 116 valence electrons. The van der Waals surface area contributed by atoms with Crippen molar-refractivity contribution in [3.05, 3.63) is 81.8 Å². The molecule has 0 saturated carbocycles. The molecule has 0 saturated heterocycles. The van der Waals surface area contributed by atoms with Crippen LogP contribution in [0.4, 0.5) is 11.6 Å². The molecule has 1 heterocycles. The van der Waals surface area contributed by atoms with Gasteiger partial charge in [0.05, 0.1) is 0 Å². The van der Waals surface area contributed by atoms with Crippen molar-refractivity contribution in [2.75, 3.05) is 5.32 Å². The van der Waals surface area contributed by atoms with Gasteiger partial charge in [-0.15, -0.1) is 10.2 Å². The van der Waals surface area contributed by atoms with Crippen LogP contribution < -0.4 is 10.9 Å². The maximum absolute atomic E-state index is 12.1. The summed E-state index contributed by atoms with van der Waals surface area (Å²) in [5, 5.41) is 11.2. The normalized spacial score (nSPS) is 10.5. The predicted octanol–water partition coefficient (Wildman–Crippen LogP) is 3.06. The molecular formula is C18H18N4O. The maximum atomic E-state index is 12.1. The fraction of sp³-hybridized carbons (Fsp3) is 0.167. The van der Waals surface area contributed by atoms with E-state index in [2.05, 4.69) is 27.4 Å². The average Bonchev–Trinajstić information content (AvgIpc) is 2.59. The quantitative estimate of drug-likeness (QED) is 0.760. The van der Waals surface area contributed by atoms with E-state index in [1.54, 1.807) is 0 Å². The first-order valence-electron chi connectivity index (χ1n) is 7.60. The summed E-state index contributed by atoms with van der Waals surface area (Å²) < 4.78 is 0. The Bertz CT molecular complexity index is 826. The number of H-pyrrole nitrogens is 1. The van der Waals surface area contributed by atoms with Gasteiger partial charge < -0.3 is 5.32 Å². The lowest BCUT2D eigenvalue weighted by Gasteiger charge is -2.06. The first kappa shape index (κ1) is 15.0. The van der Waals surface area contributed by atoms with Gasteiger partial charge in [0, 0.05) is 12.1 Å². The second-order valence-corrected chi connectivity index (χ2v) is 5.29. The van der Waals surface area contributed by atoms with Crippen LogP contribution in [-0.4, -0.2) is 15.2 Å². The van der Waals surface area contributed by atoms with Crippen LogP contribution in [0.5, 0.6) is 0 Å². The Morgan fingerprint density at radius 1 is 0.957 bits per heavy atom. The van der Waals surface area contributed by atoms with Crippen molar-refractivity contribution in [2.45, 2.75) is 19.8 Å². The van der Waals surface area contributed by atoms with Crippen LogP contribution in [-0.2, 0) is 12.8 Å². The topological polar surface area (TPSA) is 70.7 Å². The van der Waals surface area contributed by atoms with Crippen molar-refractivity contribution >= 4 is 11.6 Å². The number of rotatable bonds is 5. The van der Waals surface area contributed by atoms with E-state index in [0.29, 0.717) is 18.1 Å². The summed E-state index contributed by atoms with van der Waals surface area (Å²) in [6.45, 7) is 2.11. The zero-order valence-electron chi connectivity index (χ0n) is 12.9. The molecule has 23 heavy (non-hydrogen) atoms. The lowest BCUT2D eigenvalue weighted by atomic mass is 10.1. The maximum Gasteiger partial charge on any atom is 0.274 e. The van der Waals surface area contributed by atoms with Crippen molar-refractivity contribution in [1.82, 2.24) is 15.2 Å². The highest BCUT2D eigenvalue weighted by molar-refractivity contribution is 5.53. The third-order valence-electron chi connectivity index (χ3n) is 3.60. The Morgan fingerprint density at radius 2 is 1.70 bits per heavy atom. The van der Waals surface area contributed by atoms with Crippen LogP contribution in [0.3, 0.4) is 0 Å². The van der Waals surface area contributed by atoms with Gasteiger partial charge in [0.1, 0.15) is 5.69 Å². The van der Waals surface area contributed by atoms with Crippen LogP contribution in [0, 0.1) is 0 Å². The second-order valence-electron chi connectivity index (χ2n) is 5.29. The van der Waals surface area contributed by atoms with Crippen LogP contribution in [0.15, 0.2) is 59.4 Å². The fourth-order valence-corrected chi connectivity index (χ4v) is 2.28. The Balaban J connectivity index is 1.74. The van der Waals surface area contributed by atoms with E-state index >= 15 is 0 Å². The number of anilines is 2. The second kappa shape index (κ2) is 6.87. The molecule has 1 aromatic heterocycles. The van der Waals surface area contributed by atoms with Gasteiger partial charge in [-0.3, -0.25) is 9.78 Å². The summed E-state index contributed by atoms with van der Waals surface area (Å²) in [7, 11) is 0. The first-order valence-corrected chi connectivity index (χ1v) is 7.60. The standard InChI is InChI=1S/C18H18N4O/c1-2-13-8-10-15(11-9-13)19-18-20-17(23)16(21-22-18)12-14-6-4-3-5-7-14/h3-11H,2,12H2,1H3,(H2,19,20,22,23). The highest BCUT2D eigenvalue weighted by atomic mass is 16.1. The molecular weight excluding hydrogens is 288 g/mol. The average molecular weight is 306 g/mol. The number of aryl methyl sites for hydroxylation is 1. The predicted molar refractivity (Wildman–Crippen MR) is 91.0 cm³/mol. The molecule has 5 heteroatoms.